The van der Waals surface area contributed by atoms with Gasteiger partial charge in [-0.2, -0.15) is 0 Å². The molecule has 0 spiro atoms. The molecule has 0 radical (unpaired) electrons. The number of hydrogen-bond acceptors (Lipinski definition) is 2. The highest BCUT2D eigenvalue weighted by Crippen LogP contribution is 2.34. The van der Waals surface area contributed by atoms with E-state index in [0.717, 1.165) is 6.54 Å². The van der Waals surface area contributed by atoms with E-state index in [1.54, 1.807) is 0 Å². The van der Waals surface area contributed by atoms with E-state index in [1.165, 1.54) is 11.1 Å². The van der Waals surface area contributed by atoms with Crippen LogP contribution in [-0.4, -0.2) is 23.5 Å². The summed E-state index contributed by atoms with van der Waals surface area (Å²) < 4.78 is 0. The van der Waals surface area contributed by atoms with Crippen LogP contribution in [0.3, 0.4) is 0 Å². The fourth-order valence-electron chi connectivity index (χ4n) is 2.86. The van der Waals surface area contributed by atoms with Gasteiger partial charge in [0.25, 0.3) is 0 Å². The molecule has 4 heteroatoms. The number of likely N-dealkylation sites (tertiary alicyclic amines) is 1. The Morgan fingerprint density at radius 2 is 1.33 bits per heavy atom. The minimum Gasteiger partial charge on any atom is -0.325 e. The molecule has 2 aromatic carbocycles. The highest BCUT2D eigenvalue weighted by molar-refractivity contribution is 5.85. The molecule has 1 fully saturated rings. The van der Waals surface area contributed by atoms with Gasteiger partial charge in [0, 0.05) is 18.6 Å². The number of nitrogens with zero attached hydrogens (tertiary/aromatic N) is 1. The predicted octanol–water partition coefficient (Wildman–Crippen LogP) is 3.65. The predicted molar refractivity (Wildman–Crippen MR) is 93.4 cm³/mol. The molecule has 2 N–H and O–H groups in total. The van der Waals surface area contributed by atoms with Crippen LogP contribution in [0.15, 0.2) is 60.7 Å². The third kappa shape index (κ3) is 3.58. The Labute approximate surface area is 139 Å². The Hall–Kier alpha value is -1.06. The Morgan fingerprint density at radius 3 is 1.67 bits per heavy atom. The average Bonchev–Trinajstić information content (AvgIpc) is 2.49. The molecule has 0 unspecified atom stereocenters. The molecule has 0 amide bonds. The first-order chi connectivity index (χ1) is 9.27. The standard InChI is InChI=1S/C17H20N2.2ClH/c1-13-16(18)12-19(13)17(14-8-4-2-5-9-14)15-10-6-3-7-11-15;;/h2-11,13,16-17H,12,18H2,1H3;2*1H/t13-,16+;;/m0../s1. The third-order valence-electron chi connectivity index (χ3n) is 4.13. The Balaban J connectivity index is 0.00000110. The number of benzene rings is 2. The second kappa shape index (κ2) is 7.81. The SMILES string of the molecule is C[C@H]1[C@H](N)CN1C(c1ccccc1)c1ccccc1.Cl.Cl. The van der Waals surface area contributed by atoms with Gasteiger partial charge in [-0.25, -0.2) is 0 Å². The Kier molecular flexibility index (Phi) is 6.69. The van der Waals surface area contributed by atoms with Crippen molar-refractivity contribution in [2.24, 2.45) is 5.73 Å². The van der Waals surface area contributed by atoms with E-state index in [1.807, 2.05) is 0 Å². The summed E-state index contributed by atoms with van der Waals surface area (Å²) in [6.07, 6.45) is 0. The molecular formula is C17H22Cl2N2. The van der Waals surface area contributed by atoms with E-state index in [-0.39, 0.29) is 24.8 Å². The van der Waals surface area contributed by atoms with Gasteiger partial charge in [-0.3, -0.25) is 4.90 Å². The largest absolute Gasteiger partial charge is 0.325 e. The summed E-state index contributed by atoms with van der Waals surface area (Å²) >= 11 is 0. The lowest BCUT2D eigenvalue weighted by molar-refractivity contribution is 0.0447. The average molecular weight is 325 g/mol. The van der Waals surface area contributed by atoms with Crippen LogP contribution >= 0.6 is 24.8 Å². The zero-order valence-corrected chi connectivity index (χ0v) is 13.7. The number of rotatable bonds is 3. The van der Waals surface area contributed by atoms with Gasteiger partial charge in [-0.15, -0.1) is 24.8 Å². The summed E-state index contributed by atoms with van der Waals surface area (Å²) in [7, 11) is 0. The summed E-state index contributed by atoms with van der Waals surface area (Å²) in [5.41, 5.74) is 8.75. The van der Waals surface area contributed by atoms with E-state index >= 15 is 0 Å². The van der Waals surface area contributed by atoms with Crippen LogP contribution in [0.1, 0.15) is 24.1 Å². The van der Waals surface area contributed by atoms with Gasteiger partial charge in [0.1, 0.15) is 0 Å². The molecule has 1 heterocycles. The van der Waals surface area contributed by atoms with Crippen molar-refractivity contribution in [2.45, 2.75) is 25.0 Å². The second-order valence-corrected chi connectivity index (χ2v) is 5.33. The van der Waals surface area contributed by atoms with E-state index in [9.17, 15) is 0 Å². The molecule has 2 atom stereocenters. The lowest BCUT2D eigenvalue weighted by Crippen LogP contribution is -2.63. The molecular weight excluding hydrogens is 303 g/mol. The fourth-order valence-corrected chi connectivity index (χ4v) is 2.86. The molecule has 3 rings (SSSR count). The van der Waals surface area contributed by atoms with Crippen molar-refractivity contribution in [1.29, 1.82) is 0 Å². The van der Waals surface area contributed by atoms with Gasteiger partial charge < -0.3 is 5.73 Å². The Bertz CT molecular complexity index is 494. The van der Waals surface area contributed by atoms with E-state index < -0.39 is 0 Å². The first-order valence-electron chi connectivity index (χ1n) is 6.88. The highest BCUT2D eigenvalue weighted by Gasteiger charge is 2.38. The zero-order chi connectivity index (χ0) is 13.2. The van der Waals surface area contributed by atoms with Crippen molar-refractivity contribution in [3.05, 3.63) is 71.8 Å². The number of hydrogen-bond donors (Lipinski definition) is 1. The van der Waals surface area contributed by atoms with Crippen molar-refractivity contribution >= 4 is 24.8 Å². The van der Waals surface area contributed by atoms with Gasteiger partial charge in [-0.05, 0) is 18.1 Å². The summed E-state index contributed by atoms with van der Waals surface area (Å²) in [6, 6.07) is 22.4. The first-order valence-corrected chi connectivity index (χ1v) is 6.88. The van der Waals surface area contributed by atoms with Crippen molar-refractivity contribution in [2.75, 3.05) is 6.54 Å². The van der Waals surface area contributed by atoms with Gasteiger partial charge in [-0.1, -0.05) is 60.7 Å². The van der Waals surface area contributed by atoms with Gasteiger partial charge in [0.2, 0.25) is 0 Å². The molecule has 114 valence electrons. The summed E-state index contributed by atoms with van der Waals surface area (Å²) in [5.74, 6) is 0. The molecule has 0 saturated carbocycles. The molecule has 0 aliphatic carbocycles. The van der Waals surface area contributed by atoms with Crippen LogP contribution in [0, 0.1) is 0 Å². The van der Waals surface area contributed by atoms with E-state index in [4.69, 9.17) is 5.73 Å². The quantitative estimate of drug-likeness (QED) is 0.933. The molecule has 0 bridgehead atoms. The molecule has 0 aromatic heterocycles. The van der Waals surface area contributed by atoms with Gasteiger partial charge in [0.15, 0.2) is 0 Å². The first kappa shape index (κ1) is 18.0. The topological polar surface area (TPSA) is 29.3 Å². The minimum absolute atomic E-state index is 0. The number of halogens is 2. The lowest BCUT2D eigenvalue weighted by atomic mass is 9.89. The molecule has 2 nitrogen and oxygen atoms in total. The van der Waals surface area contributed by atoms with Crippen molar-refractivity contribution in [3.8, 4) is 0 Å². The summed E-state index contributed by atoms with van der Waals surface area (Å²) in [6.45, 7) is 3.18. The van der Waals surface area contributed by atoms with E-state index in [2.05, 4.69) is 72.5 Å². The Morgan fingerprint density at radius 1 is 0.905 bits per heavy atom. The van der Waals surface area contributed by atoms with Gasteiger partial charge >= 0.3 is 0 Å². The normalized spacial score (nSPS) is 21.1. The summed E-state index contributed by atoms with van der Waals surface area (Å²) in [4.78, 5) is 2.48. The maximum atomic E-state index is 6.06. The minimum atomic E-state index is 0. The molecule has 1 aliphatic rings. The highest BCUT2D eigenvalue weighted by atomic mass is 35.5. The second-order valence-electron chi connectivity index (χ2n) is 5.33. The van der Waals surface area contributed by atoms with Crippen LogP contribution < -0.4 is 5.73 Å². The van der Waals surface area contributed by atoms with E-state index in [0.29, 0.717) is 18.1 Å². The monoisotopic (exact) mass is 324 g/mol. The molecule has 1 aliphatic heterocycles. The zero-order valence-electron chi connectivity index (χ0n) is 12.1. The van der Waals surface area contributed by atoms with Crippen LogP contribution in [0.25, 0.3) is 0 Å². The third-order valence-corrected chi connectivity index (χ3v) is 4.13. The van der Waals surface area contributed by atoms with Crippen LogP contribution in [0.5, 0.6) is 0 Å². The maximum Gasteiger partial charge on any atom is 0.0605 e. The molecule has 1 saturated heterocycles. The molecule has 2 aromatic rings. The smallest absolute Gasteiger partial charge is 0.0605 e. The van der Waals surface area contributed by atoms with Crippen molar-refractivity contribution < 1.29 is 0 Å². The summed E-state index contributed by atoms with van der Waals surface area (Å²) in [5, 5.41) is 0. The van der Waals surface area contributed by atoms with Crippen LogP contribution in [0.4, 0.5) is 0 Å². The lowest BCUT2D eigenvalue weighted by Gasteiger charge is -2.49. The molecule has 21 heavy (non-hydrogen) atoms. The number of nitrogens with two attached hydrogens (primary N) is 1. The van der Waals surface area contributed by atoms with Crippen molar-refractivity contribution in [1.82, 2.24) is 4.90 Å². The van der Waals surface area contributed by atoms with Crippen LogP contribution in [-0.2, 0) is 0 Å². The van der Waals surface area contributed by atoms with Crippen molar-refractivity contribution in [3.63, 3.8) is 0 Å². The van der Waals surface area contributed by atoms with Crippen LogP contribution in [0.2, 0.25) is 0 Å². The van der Waals surface area contributed by atoms with Gasteiger partial charge in [0.05, 0.1) is 6.04 Å². The fraction of sp³-hybridized carbons (Fsp3) is 0.294. The maximum absolute atomic E-state index is 6.06.